The summed E-state index contributed by atoms with van der Waals surface area (Å²) in [6, 6.07) is 3.28. The highest BCUT2D eigenvalue weighted by atomic mass is 19.1. The minimum absolute atomic E-state index is 0.126. The molecule has 0 aromatic heterocycles. The lowest BCUT2D eigenvalue weighted by Crippen LogP contribution is -2.25. The van der Waals surface area contributed by atoms with Gasteiger partial charge in [-0.25, -0.2) is 9.18 Å². The minimum atomic E-state index is -1.27. The molecule has 1 unspecified atom stereocenters. The lowest BCUT2D eigenvalue weighted by molar-refractivity contribution is -0.119. The molecule has 0 spiro atoms. The Balaban J connectivity index is 2.17. The first-order chi connectivity index (χ1) is 8.58. The molecule has 1 saturated heterocycles. The van der Waals surface area contributed by atoms with Crippen LogP contribution in [0.2, 0.25) is 0 Å². The molecule has 3 N–H and O–H groups in total. The Morgan fingerprint density at radius 2 is 2.22 bits per heavy atom. The van der Waals surface area contributed by atoms with E-state index in [2.05, 4.69) is 10.6 Å². The summed E-state index contributed by atoms with van der Waals surface area (Å²) in [6.07, 6.45) is 0.718. The standard InChI is InChI=1S/C12H13FN2O3/c13-8-1-2-10(9(5-8)12(17)18)15-11(16)7-3-4-14-6-7/h1-2,5,7,14H,3-4,6H2,(H,15,16)(H,17,18). The Kier molecular flexibility index (Phi) is 3.57. The van der Waals surface area contributed by atoms with E-state index in [0.717, 1.165) is 25.1 Å². The Bertz CT molecular complexity index is 484. The van der Waals surface area contributed by atoms with Crippen molar-refractivity contribution < 1.29 is 19.1 Å². The van der Waals surface area contributed by atoms with Crippen molar-refractivity contribution in [3.05, 3.63) is 29.6 Å². The fraction of sp³-hybridized carbons (Fsp3) is 0.333. The van der Waals surface area contributed by atoms with Crippen LogP contribution in [0, 0.1) is 11.7 Å². The van der Waals surface area contributed by atoms with Crippen LogP contribution in [0.1, 0.15) is 16.8 Å². The Morgan fingerprint density at radius 1 is 1.44 bits per heavy atom. The summed E-state index contributed by atoms with van der Waals surface area (Å²) >= 11 is 0. The Morgan fingerprint density at radius 3 is 2.83 bits per heavy atom. The van der Waals surface area contributed by atoms with E-state index in [0.29, 0.717) is 6.54 Å². The third-order valence-electron chi connectivity index (χ3n) is 2.90. The van der Waals surface area contributed by atoms with Crippen LogP contribution in [0.3, 0.4) is 0 Å². The van der Waals surface area contributed by atoms with Crippen molar-refractivity contribution in [3.8, 4) is 0 Å². The number of carbonyl (C=O) groups excluding carboxylic acids is 1. The molecule has 1 aromatic carbocycles. The molecule has 0 bridgehead atoms. The average molecular weight is 252 g/mol. The highest BCUT2D eigenvalue weighted by molar-refractivity contribution is 6.01. The molecule has 0 radical (unpaired) electrons. The summed E-state index contributed by atoms with van der Waals surface area (Å²) in [4.78, 5) is 22.8. The molecule has 18 heavy (non-hydrogen) atoms. The van der Waals surface area contributed by atoms with Gasteiger partial charge in [0.1, 0.15) is 5.82 Å². The molecule has 1 fully saturated rings. The van der Waals surface area contributed by atoms with Gasteiger partial charge in [-0.3, -0.25) is 4.79 Å². The Labute approximate surface area is 103 Å². The largest absolute Gasteiger partial charge is 0.478 e. The summed E-state index contributed by atoms with van der Waals surface area (Å²) in [5, 5.41) is 14.5. The third kappa shape index (κ3) is 2.65. The van der Waals surface area contributed by atoms with E-state index in [1.54, 1.807) is 0 Å². The second-order valence-corrected chi connectivity index (χ2v) is 4.17. The van der Waals surface area contributed by atoms with Gasteiger partial charge in [-0.1, -0.05) is 0 Å². The maximum Gasteiger partial charge on any atom is 0.337 e. The van der Waals surface area contributed by atoms with Crippen LogP contribution in [0.5, 0.6) is 0 Å². The molecule has 0 aliphatic carbocycles. The van der Waals surface area contributed by atoms with Crippen molar-refractivity contribution in [2.45, 2.75) is 6.42 Å². The van der Waals surface area contributed by atoms with Crippen LogP contribution in [0.15, 0.2) is 18.2 Å². The van der Waals surface area contributed by atoms with E-state index in [-0.39, 0.29) is 23.1 Å². The number of carboxylic acid groups (broad SMARTS) is 1. The van der Waals surface area contributed by atoms with Crippen LogP contribution in [0.4, 0.5) is 10.1 Å². The van der Waals surface area contributed by atoms with Gasteiger partial charge in [0.25, 0.3) is 0 Å². The maximum absolute atomic E-state index is 13.0. The normalized spacial score (nSPS) is 18.6. The fourth-order valence-corrected chi connectivity index (χ4v) is 1.92. The van der Waals surface area contributed by atoms with Gasteiger partial charge in [-0.05, 0) is 31.2 Å². The zero-order chi connectivity index (χ0) is 13.1. The van der Waals surface area contributed by atoms with E-state index in [4.69, 9.17) is 5.11 Å². The number of hydrogen-bond donors (Lipinski definition) is 3. The van der Waals surface area contributed by atoms with Crippen LogP contribution in [-0.2, 0) is 4.79 Å². The number of amides is 1. The lowest BCUT2D eigenvalue weighted by atomic mass is 10.1. The zero-order valence-electron chi connectivity index (χ0n) is 9.57. The number of nitrogens with one attached hydrogen (secondary N) is 2. The first kappa shape index (κ1) is 12.5. The van der Waals surface area contributed by atoms with Gasteiger partial charge in [0, 0.05) is 6.54 Å². The SMILES string of the molecule is O=C(O)c1cc(F)ccc1NC(=O)C1CCNC1. The molecule has 1 aliphatic rings. The van der Waals surface area contributed by atoms with E-state index in [1.807, 2.05) is 0 Å². The average Bonchev–Trinajstić information content (AvgIpc) is 2.84. The summed E-state index contributed by atoms with van der Waals surface area (Å²) in [5.41, 5.74) is -0.116. The number of rotatable bonds is 3. The number of hydrogen-bond acceptors (Lipinski definition) is 3. The Hall–Kier alpha value is -1.95. The number of anilines is 1. The first-order valence-corrected chi connectivity index (χ1v) is 5.62. The van der Waals surface area contributed by atoms with Gasteiger partial charge in [0.05, 0.1) is 17.2 Å². The molecule has 2 rings (SSSR count). The van der Waals surface area contributed by atoms with E-state index < -0.39 is 11.8 Å². The smallest absolute Gasteiger partial charge is 0.337 e. The van der Waals surface area contributed by atoms with Gasteiger partial charge in [0.15, 0.2) is 0 Å². The van der Waals surface area contributed by atoms with Crippen molar-refractivity contribution in [3.63, 3.8) is 0 Å². The van der Waals surface area contributed by atoms with Crippen LogP contribution < -0.4 is 10.6 Å². The van der Waals surface area contributed by atoms with E-state index in [9.17, 15) is 14.0 Å². The predicted octanol–water partition coefficient (Wildman–Crippen LogP) is 1.07. The summed E-state index contributed by atoms with van der Waals surface area (Å²) in [6.45, 7) is 1.35. The van der Waals surface area contributed by atoms with E-state index in [1.165, 1.54) is 6.07 Å². The zero-order valence-corrected chi connectivity index (χ0v) is 9.57. The molecule has 0 saturated carbocycles. The summed E-state index contributed by atoms with van der Waals surface area (Å²) < 4.78 is 13.0. The van der Waals surface area contributed by atoms with Gasteiger partial charge >= 0.3 is 5.97 Å². The summed E-state index contributed by atoms with van der Waals surface area (Å²) in [7, 11) is 0. The molecule has 6 heteroatoms. The molecular weight excluding hydrogens is 239 g/mol. The molecule has 1 aromatic rings. The van der Waals surface area contributed by atoms with Gasteiger partial charge in [-0.15, -0.1) is 0 Å². The molecular formula is C12H13FN2O3. The van der Waals surface area contributed by atoms with Crippen molar-refractivity contribution in [2.24, 2.45) is 5.92 Å². The number of carbonyl (C=O) groups is 2. The topological polar surface area (TPSA) is 78.4 Å². The number of benzene rings is 1. The number of aromatic carboxylic acids is 1. The predicted molar refractivity (Wildman–Crippen MR) is 63.0 cm³/mol. The van der Waals surface area contributed by atoms with E-state index >= 15 is 0 Å². The maximum atomic E-state index is 13.0. The number of carboxylic acids is 1. The lowest BCUT2D eigenvalue weighted by Gasteiger charge is -2.11. The van der Waals surface area contributed by atoms with Gasteiger partial charge < -0.3 is 15.7 Å². The van der Waals surface area contributed by atoms with Crippen molar-refractivity contribution in [2.75, 3.05) is 18.4 Å². The van der Waals surface area contributed by atoms with Crippen LogP contribution in [0.25, 0.3) is 0 Å². The molecule has 96 valence electrons. The fourth-order valence-electron chi connectivity index (χ4n) is 1.92. The molecule has 1 atom stereocenters. The second-order valence-electron chi connectivity index (χ2n) is 4.17. The molecule has 1 heterocycles. The highest BCUT2D eigenvalue weighted by Gasteiger charge is 2.23. The molecule has 1 aliphatic heterocycles. The monoisotopic (exact) mass is 252 g/mol. The third-order valence-corrected chi connectivity index (χ3v) is 2.90. The van der Waals surface area contributed by atoms with Crippen molar-refractivity contribution >= 4 is 17.6 Å². The van der Waals surface area contributed by atoms with Crippen LogP contribution in [-0.4, -0.2) is 30.1 Å². The molecule has 5 nitrogen and oxygen atoms in total. The number of halogens is 1. The first-order valence-electron chi connectivity index (χ1n) is 5.62. The van der Waals surface area contributed by atoms with Gasteiger partial charge in [-0.2, -0.15) is 0 Å². The highest BCUT2D eigenvalue weighted by Crippen LogP contribution is 2.19. The quantitative estimate of drug-likeness (QED) is 0.752. The van der Waals surface area contributed by atoms with Crippen molar-refractivity contribution in [1.29, 1.82) is 0 Å². The minimum Gasteiger partial charge on any atom is -0.478 e. The summed E-state index contributed by atoms with van der Waals surface area (Å²) in [5.74, 6) is -2.33. The van der Waals surface area contributed by atoms with Crippen LogP contribution >= 0.6 is 0 Å². The van der Waals surface area contributed by atoms with Crippen molar-refractivity contribution in [1.82, 2.24) is 5.32 Å². The van der Waals surface area contributed by atoms with Gasteiger partial charge in [0.2, 0.25) is 5.91 Å². The second kappa shape index (κ2) is 5.14. The molecule has 1 amide bonds.